The molecule has 0 amide bonds. The number of hydrogen-bond donors (Lipinski definition) is 1. The second kappa shape index (κ2) is 3.62. The fourth-order valence-corrected chi connectivity index (χ4v) is 0.817. The Hall–Kier alpha value is -1.50. The van der Waals surface area contributed by atoms with Crippen LogP contribution >= 0.6 is 0 Å². The molecule has 0 aliphatic heterocycles. The average Bonchev–Trinajstić information content (AvgIpc) is 2.07. The number of allylic oxidation sites excluding steroid dienone is 2. The van der Waals surface area contributed by atoms with E-state index in [-0.39, 0.29) is 5.76 Å². The quantitative estimate of drug-likeness (QED) is 0.502. The number of aliphatic hydroxyl groups is 1. The third-order valence-corrected chi connectivity index (χ3v) is 1.35. The molecule has 0 heterocycles. The van der Waals surface area contributed by atoms with Crippen LogP contribution in [0.5, 0.6) is 0 Å². The second-order valence-electron chi connectivity index (χ2n) is 2.15. The van der Waals surface area contributed by atoms with Crippen LogP contribution in [0.15, 0.2) is 49.1 Å². The van der Waals surface area contributed by atoms with Gasteiger partial charge in [0.2, 0.25) is 0 Å². The van der Waals surface area contributed by atoms with Gasteiger partial charge in [0.1, 0.15) is 5.76 Å². The summed E-state index contributed by atoms with van der Waals surface area (Å²) < 4.78 is 0. The minimum atomic E-state index is 0.251. The summed E-state index contributed by atoms with van der Waals surface area (Å²) in [7, 11) is 0. The molecule has 0 saturated heterocycles. The van der Waals surface area contributed by atoms with E-state index in [0.29, 0.717) is 0 Å². The maximum absolute atomic E-state index is 9.31. The molecule has 56 valence electrons. The third kappa shape index (κ3) is 1.97. The molecule has 0 atom stereocenters. The second-order valence-corrected chi connectivity index (χ2v) is 2.15. The zero-order valence-corrected chi connectivity index (χ0v) is 6.20. The van der Waals surface area contributed by atoms with Crippen LogP contribution in [0.3, 0.4) is 0 Å². The van der Waals surface area contributed by atoms with Crippen molar-refractivity contribution >= 4 is 5.76 Å². The first-order valence-electron chi connectivity index (χ1n) is 3.41. The topological polar surface area (TPSA) is 20.2 Å². The van der Waals surface area contributed by atoms with Crippen molar-refractivity contribution in [3.63, 3.8) is 0 Å². The Balaban J connectivity index is 2.94. The largest absolute Gasteiger partial charge is 0.507 e. The Labute approximate surface area is 66.3 Å². The SMILES string of the molecule is C=CC=C(O)c1ccccc1. The molecule has 11 heavy (non-hydrogen) atoms. The van der Waals surface area contributed by atoms with E-state index in [2.05, 4.69) is 6.58 Å². The molecule has 0 aliphatic rings. The predicted octanol–water partition coefficient (Wildman–Crippen LogP) is 2.77. The van der Waals surface area contributed by atoms with Gasteiger partial charge in [-0.3, -0.25) is 0 Å². The fourth-order valence-electron chi connectivity index (χ4n) is 0.817. The zero-order valence-electron chi connectivity index (χ0n) is 6.20. The first-order valence-corrected chi connectivity index (χ1v) is 3.41. The van der Waals surface area contributed by atoms with E-state index in [1.165, 1.54) is 0 Å². The van der Waals surface area contributed by atoms with Crippen LogP contribution in [0.4, 0.5) is 0 Å². The summed E-state index contributed by atoms with van der Waals surface area (Å²) in [6.45, 7) is 3.49. The molecule has 0 aromatic heterocycles. The Morgan fingerprint density at radius 2 is 1.91 bits per heavy atom. The monoisotopic (exact) mass is 146 g/mol. The van der Waals surface area contributed by atoms with Crippen LogP contribution in [-0.4, -0.2) is 5.11 Å². The summed E-state index contributed by atoms with van der Waals surface area (Å²) in [5.41, 5.74) is 0.812. The van der Waals surface area contributed by atoms with Crippen molar-refractivity contribution in [2.24, 2.45) is 0 Å². The molecule has 1 N–H and O–H groups in total. The lowest BCUT2D eigenvalue weighted by molar-refractivity contribution is 0.512. The van der Waals surface area contributed by atoms with Gasteiger partial charge in [0.15, 0.2) is 0 Å². The van der Waals surface area contributed by atoms with Gasteiger partial charge in [0, 0.05) is 5.56 Å². The van der Waals surface area contributed by atoms with Crippen LogP contribution < -0.4 is 0 Å². The smallest absolute Gasteiger partial charge is 0.122 e. The molecule has 0 saturated carbocycles. The number of hydrogen-bond acceptors (Lipinski definition) is 1. The lowest BCUT2D eigenvalue weighted by Crippen LogP contribution is -1.79. The van der Waals surface area contributed by atoms with Gasteiger partial charge in [-0.2, -0.15) is 0 Å². The summed E-state index contributed by atoms with van der Waals surface area (Å²) in [5.74, 6) is 0.251. The van der Waals surface area contributed by atoms with Gasteiger partial charge in [-0.1, -0.05) is 43.0 Å². The molecular formula is C10H10O. The van der Waals surface area contributed by atoms with E-state index in [4.69, 9.17) is 0 Å². The molecule has 0 unspecified atom stereocenters. The molecule has 0 bridgehead atoms. The van der Waals surface area contributed by atoms with Gasteiger partial charge in [-0.25, -0.2) is 0 Å². The van der Waals surface area contributed by atoms with E-state index in [0.717, 1.165) is 5.56 Å². The highest BCUT2D eigenvalue weighted by atomic mass is 16.3. The van der Waals surface area contributed by atoms with Gasteiger partial charge in [-0.05, 0) is 6.08 Å². The highest BCUT2D eigenvalue weighted by Gasteiger charge is 1.92. The molecule has 0 aliphatic carbocycles. The predicted molar refractivity (Wildman–Crippen MR) is 47.2 cm³/mol. The summed E-state index contributed by atoms with van der Waals surface area (Å²) in [5, 5.41) is 9.31. The number of benzene rings is 1. The van der Waals surface area contributed by atoms with E-state index >= 15 is 0 Å². The average molecular weight is 146 g/mol. The fraction of sp³-hybridized carbons (Fsp3) is 0. The van der Waals surface area contributed by atoms with Crippen molar-refractivity contribution in [2.75, 3.05) is 0 Å². The molecule has 0 spiro atoms. The Kier molecular flexibility index (Phi) is 2.50. The van der Waals surface area contributed by atoms with Crippen molar-refractivity contribution in [1.29, 1.82) is 0 Å². The number of aliphatic hydroxyl groups excluding tert-OH is 1. The summed E-state index contributed by atoms with van der Waals surface area (Å²) in [6, 6.07) is 9.35. The van der Waals surface area contributed by atoms with Gasteiger partial charge in [0.25, 0.3) is 0 Å². The van der Waals surface area contributed by atoms with Crippen molar-refractivity contribution in [2.45, 2.75) is 0 Å². The third-order valence-electron chi connectivity index (χ3n) is 1.35. The Morgan fingerprint density at radius 3 is 2.45 bits per heavy atom. The van der Waals surface area contributed by atoms with E-state index in [9.17, 15) is 5.11 Å². The van der Waals surface area contributed by atoms with Crippen molar-refractivity contribution in [1.82, 2.24) is 0 Å². The summed E-state index contributed by atoms with van der Waals surface area (Å²) >= 11 is 0. The summed E-state index contributed by atoms with van der Waals surface area (Å²) in [4.78, 5) is 0. The minimum absolute atomic E-state index is 0.251. The molecule has 0 fully saturated rings. The molecule has 1 nitrogen and oxygen atoms in total. The lowest BCUT2D eigenvalue weighted by Gasteiger charge is -1.96. The van der Waals surface area contributed by atoms with E-state index in [1.807, 2.05) is 30.3 Å². The Bertz CT molecular complexity index is 259. The van der Waals surface area contributed by atoms with Crippen molar-refractivity contribution < 1.29 is 5.11 Å². The molecule has 1 aromatic carbocycles. The molecule has 1 aromatic rings. The van der Waals surface area contributed by atoms with Crippen LogP contribution in [-0.2, 0) is 0 Å². The lowest BCUT2D eigenvalue weighted by atomic mass is 10.2. The standard InChI is InChI=1S/C10H10O/c1-2-6-10(11)9-7-4-3-5-8-9/h2-8,11H,1H2. The number of rotatable bonds is 2. The minimum Gasteiger partial charge on any atom is -0.507 e. The highest BCUT2D eigenvalue weighted by molar-refractivity contribution is 5.59. The van der Waals surface area contributed by atoms with Crippen molar-refractivity contribution in [3.05, 3.63) is 54.6 Å². The molecule has 1 rings (SSSR count). The van der Waals surface area contributed by atoms with Gasteiger partial charge >= 0.3 is 0 Å². The van der Waals surface area contributed by atoms with Crippen molar-refractivity contribution in [3.8, 4) is 0 Å². The van der Waals surface area contributed by atoms with Crippen LogP contribution in [0.1, 0.15) is 5.56 Å². The molecule has 1 heteroatoms. The molecule has 0 radical (unpaired) electrons. The first-order chi connectivity index (χ1) is 5.34. The highest BCUT2D eigenvalue weighted by Crippen LogP contribution is 2.09. The van der Waals surface area contributed by atoms with Crippen LogP contribution in [0, 0.1) is 0 Å². The normalized spacial score (nSPS) is 11.1. The molecular weight excluding hydrogens is 136 g/mol. The zero-order chi connectivity index (χ0) is 8.10. The maximum atomic E-state index is 9.31. The van der Waals surface area contributed by atoms with E-state index in [1.54, 1.807) is 12.2 Å². The summed E-state index contributed by atoms with van der Waals surface area (Å²) in [6.07, 6.45) is 3.12. The van der Waals surface area contributed by atoms with Gasteiger partial charge < -0.3 is 5.11 Å². The Morgan fingerprint density at radius 1 is 1.27 bits per heavy atom. The van der Waals surface area contributed by atoms with E-state index < -0.39 is 0 Å². The van der Waals surface area contributed by atoms with Crippen LogP contribution in [0.25, 0.3) is 5.76 Å². The van der Waals surface area contributed by atoms with Crippen LogP contribution in [0.2, 0.25) is 0 Å². The maximum Gasteiger partial charge on any atom is 0.122 e. The first kappa shape index (κ1) is 7.61. The van der Waals surface area contributed by atoms with Gasteiger partial charge in [0.05, 0.1) is 0 Å². The van der Waals surface area contributed by atoms with Gasteiger partial charge in [-0.15, -0.1) is 0 Å².